The van der Waals surface area contributed by atoms with Gasteiger partial charge in [-0.15, -0.1) is 0 Å². The van der Waals surface area contributed by atoms with E-state index in [0.29, 0.717) is 26.2 Å². The lowest BCUT2D eigenvalue weighted by Crippen LogP contribution is -2.54. The summed E-state index contributed by atoms with van der Waals surface area (Å²) >= 11 is 0. The fourth-order valence-corrected chi connectivity index (χ4v) is 5.01. The number of rotatable bonds is 9. The molecule has 0 bridgehead atoms. The van der Waals surface area contributed by atoms with Gasteiger partial charge in [0, 0.05) is 45.0 Å². The summed E-state index contributed by atoms with van der Waals surface area (Å²) in [5.74, 6) is -1.67. The van der Waals surface area contributed by atoms with Crippen molar-refractivity contribution in [3.63, 3.8) is 0 Å². The van der Waals surface area contributed by atoms with E-state index in [-0.39, 0.29) is 42.4 Å². The van der Waals surface area contributed by atoms with Crippen LogP contribution in [0.25, 0.3) is 0 Å². The van der Waals surface area contributed by atoms with E-state index in [1.807, 2.05) is 4.90 Å². The molecule has 0 aliphatic carbocycles. The van der Waals surface area contributed by atoms with Crippen molar-refractivity contribution in [3.8, 4) is 0 Å². The first-order chi connectivity index (χ1) is 15.2. The lowest BCUT2D eigenvalue weighted by molar-refractivity contribution is -0.117. The summed E-state index contributed by atoms with van der Waals surface area (Å²) in [4.78, 5) is 38.1. The minimum Gasteiger partial charge on any atom is -0.465 e. The molecular weight excluding hydrogens is 440 g/mol. The zero-order chi connectivity index (χ0) is 23.9. The van der Waals surface area contributed by atoms with Crippen LogP contribution in [0.15, 0.2) is 18.2 Å². The summed E-state index contributed by atoms with van der Waals surface area (Å²) in [6.45, 7) is 5.82. The first-order valence-electron chi connectivity index (χ1n) is 10.2. The third-order valence-corrected chi connectivity index (χ3v) is 7.30. The largest absolute Gasteiger partial charge is 0.465 e. The van der Waals surface area contributed by atoms with Gasteiger partial charge in [-0.25, -0.2) is 9.59 Å². The first kappa shape index (κ1) is 25.7. The molecule has 0 atom stereocenters. The van der Waals surface area contributed by atoms with E-state index in [4.69, 9.17) is 0 Å². The van der Waals surface area contributed by atoms with Gasteiger partial charge in [0.15, 0.2) is 0 Å². The quantitative estimate of drug-likeness (QED) is 0.514. The van der Waals surface area contributed by atoms with E-state index in [0.717, 1.165) is 0 Å². The Kier molecular flexibility index (Phi) is 9.13. The number of benzene rings is 1. The highest BCUT2D eigenvalue weighted by Crippen LogP contribution is 2.18. The third-order valence-electron chi connectivity index (χ3n) is 5.12. The van der Waals surface area contributed by atoms with Crippen molar-refractivity contribution in [3.05, 3.63) is 29.3 Å². The molecule has 1 aliphatic heterocycles. The second-order valence-corrected chi connectivity index (χ2v) is 9.03. The number of hydrogen-bond acceptors (Lipinski definition) is 8. The number of carbonyl (C=O) groups excluding carboxylic acids is 3. The summed E-state index contributed by atoms with van der Waals surface area (Å²) in [7, 11) is -1.08. The van der Waals surface area contributed by atoms with Crippen molar-refractivity contribution in [1.29, 1.82) is 0 Å². The molecule has 178 valence electrons. The number of nitrogens with zero attached hydrogens (tertiary/aromatic N) is 3. The average Bonchev–Trinajstić information content (AvgIpc) is 2.78. The van der Waals surface area contributed by atoms with Gasteiger partial charge in [0.2, 0.25) is 5.91 Å². The molecule has 0 aromatic heterocycles. The van der Waals surface area contributed by atoms with Crippen LogP contribution in [0.2, 0.25) is 0 Å². The van der Waals surface area contributed by atoms with Crippen molar-refractivity contribution in [2.45, 2.75) is 13.8 Å². The molecule has 0 saturated carbocycles. The highest BCUT2D eigenvalue weighted by atomic mass is 32.2. The summed E-state index contributed by atoms with van der Waals surface area (Å²) in [6, 6.07) is 4.14. The summed E-state index contributed by atoms with van der Waals surface area (Å²) < 4.78 is 37.4. The number of esters is 2. The highest BCUT2D eigenvalue weighted by molar-refractivity contribution is 7.86. The Bertz CT molecular complexity index is 905. The lowest BCUT2D eigenvalue weighted by atomic mass is 10.1. The molecule has 0 spiro atoms. The smallest absolute Gasteiger partial charge is 0.337 e. The Morgan fingerprint density at radius 2 is 1.44 bits per heavy atom. The van der Waals surface area contributed by atoms with E-state index in [2.05, 4.69) is 14.8 Å². The molecule has 1 heterocycles. The number of anilines is 1. The molecule has 1 aromatic carbocycles. The standard InChI is InChI=1S/C20H30N4O7S/c1-5-23(6-2)32(28,29)24-9-7-22(8-10-24)14-18(25)21-17-12-15(19(26)30-3)11-16(13-17)20(27)31-4/h11-13H,5-10,14H2,1-4H3,(H,21,25). The van der Waals surface area contributed by atoms with Gasteiger partial charge in [0.05, 0.1) is 31.9 Å². The van der Waals surface area contributed by atoms with Crippen molar-refractivity contribution in [2.75, 3.05) is 65.3 Å². The topological polar surface area (TPSA) is 126 Å². The molecule has 1 aliphatic rings. The Hall–Kier alpha value is -2.54. The minimum absolute atomic E-state index is 0.0369. The van der Waals surface area contributed by atoms with Crippen molar-refractivity contribution >= 4 is 33.7 Å². The molecule has 0 unspecified atom stereocenters. The zero-order valence-electron chi connectivity index (χ0n) is 18.8. The summed E-state index contributed by atoms with van der Waals surface area (Å²) in [5.41, 5.74) is 0.447. The SMILES string of the molecule is CCN(CC)S(=O)(=O)N1CCN(CC(=O)Nc2cc(C(=O)OC)cc(C(=O)OC)c2)CC1. The average molecular weight is 471 g/mol. The van der Waals surface area contributed by atoms with E-state index in [9.17, 15) is 22.8 Å². The van der Waals surface area contributed by atoms with E-state index >= 15 is 0 Å². The molecular formula is C20H30N4O7S. The number of piperazine rings is 1. The van der Waals surface area contributed by atoms with Crippen LogP contribution < -0.4 is 5.32 Å². The molecule has 0 radical (unpaired) electrons. The predicted molar refractivity (Wildman–Crippen MR) is 118 cm³/mol. The Balaban J connectivity index is 2.02. The Labute approximate surface area is 188 Å². The van der Waals surface area contributed by atoms with Crippen LogP contribution in [0.5, 0.6) is 0 Å². The molecule has 1 amide bonds. The molecule has 1 saturated heterocycles. The van der Waals surface area contributed by atoms with Crippen LogP contribution >= 0.6 is 0 Å². The fourth-order valence-electron chi connectivity index (χ4n) is 3.41. The van der Waals surface area contributed by atoms with E-state index in [1.54, 1.807) is 13.8 Å². The highest BCUT2D eigenvalue weighted by Gasteiger charge is 2.31. The van der Waals surface area contributed by atoms with Gasteiger partial charge in [-0.05, 0) is 18.2 Å². The zero-order valence-corrected chi connectivity index (χ0v) is 19.6. The molecule has 2 rings (SSSR count). The molecule has 32 heavy (non-hydrogen) atoms. The Morgan fingerprint density at radius 3 is 1.88 bits per heavy atom. The first-order valence-corrected chi connectivity index (χ1v) is 11.6. The number of methoxy groups -OCH3 is 2. The Morgan fingerprint density at radius 1 is 0.938 bits per heavy atom. The van der Waals surface area contributed by atoms with Gasteiger partial charge >= 0.3 is 11.9 Å². The molecule has 1 N–H and O–H groups in total. The third kappa shape index (κ3) is 6.25. The van der Waals surface area contributed by atoms with Crippen LogP contribution in [0.1, 0.15) is 34.6 Å². The molecule has 1 aromatic rings. The van der Waals surface area contributed by atoms with E-state index < -0.39 is 22.1 Å². The lowest BCUT2D eigenvalue weighted by Gasteiger charge is -2.35. The van der Waals surface area contributed by atoms with Gasteiger partial charge in [-0.3, -0.25) is 9.69 Å². The van der Waals surface area contributed by atoms with Crippen molar-refractivity contribution < 1.29 is 32.3 Å². The van der Waals surface area contributed by atoms with Crippen molar-refractivity contribution in [1.82, 2.24) is 13.5 Å². The minimum atomic E-state index is -3.50. The normalized spacial score (nSPS) is 15.4. The fraction of sp³-hybridized carbons (Fsp3) is 0.550. The van der Waals surface area contributed by atoms with Crippen molar-refractivity contribution in [2.24, 2.45) is 0 Å². The van der Waals surface area contributed by atoms with Crippen LogP contribution in [0.3, 0.4) is 0 Å². The van der Waals surface area contributed by atoms with Gasteiger partial charge in [0.1, 0.15) is 0 Å². The van der Waals surface area contributed by atoms with Gasteiger partial charge < -0.3 is 14.8 Å². The number of hydrogen-bond donors (Lipinski definition) is 1. The maximum absolute atomic E-state index is 12.6. The number of nitrogens with one attached hydrogen (secondary N) is 1. The summed E-state index contributed by atoms with van der Waals surface area (Å²) in [6.07, 6.45) is 0. The van der Waals surface area contributed by atoms with Gasteiger partial charge in [0.25, 0.3) is 10.2 Å². The maximum Gasteiger partial charge on any atom is 0.337 e. The molecule has 1 fully saturated rings. The van der Waals surface area contributed by atoms with Gasteiger partial charge in [-0.2, -0.15) is 17.0 Å². The van der Waals surface area contributed by atoms with Crippen LogP contribution in [0.4, 0.5) is 5.69 Å². The number of amides is 1. The monoisotopic (exact) mass is 470 g/mol. The molecule has 11 nitrogen and oxygen atoms in total. The van der Waals surface area contributed by atoms with E-state index in [1.165, 1.54) is 41.0 Å². The number of ether oxygens (including phenoxy) is 2. The predicted octanol–water partition coefficient (Wildman–Crippen LogP) is 0.403. The van der Waals surface area contributed by atoms with Crippen LogP contribution in [-0.4, -0.2) is 99.8 Å². The van der Waals surface area contributed by atoms with Crippen LogP contribution in [-0.2, 0) is 24.5 Å². The number of carbonyl (C=O) groups is 3. The second-order valence-electron chi connectivity index (χ2n) is 7.10. The summed E-state index contributed by atoms with van der Waals surface area (Å²) in [5, 5.41) is 2.67. The maximum atomic E-state index is 12.6. The van der Waals surface area contributed by atoms with Crippen LogP contribution in [0, 0.1) is 0 Å². The van der Waals surface area contributed by atoms with Gasteiger partial charge in [-0.1, -0.05) is 13.8 Å². The second kappa shape index (κ2) is 11.4. The molecule has 12 heteroatoms.